The summed E-state index contributed by atoms with van der Waals surface area (Å²) in [4.78, 5) is 26.7. The van der Waals surface area contributed by atoms with Gasteiger partial charge in [0, 0.05) is 24.7 Å². The molecule has 0 aliphatic heterocycles. The van der Waals surface area contributed by atoms with Gasteiger partial charge in [-0.25, -0.2) is 4.68 Å². The number of aryl methyl sites for hydroxylation is 1. The van der Waals surface area contributed by atoms with Crippen molar-refractivity contribution in [1.82, 2.24) is 14.7 Å². The maximum Gasteiger partial charge on any atom is 0.267 e. The molecule has 3 rings (SSSR count). The first kappa shape index (κ1) is 19.5. The van der Waals surface area contributed by atoms with Gasteiger partial charge >= 0.3 is 0 Å². The van der Waals surface area contributed by atoms with E-state index in [4.69, 9.17) is 0 Å². The number of carbonyl (C=O) groups excluding carboxylic acids is 1. The van der Waals surface area contributed by atoms with E-state index in [1.165, 1.54) is 16.3 Å². The highest BCUT2D eigenvalue weighted by Gasteiger charge is 2.15. The van der Waals surface area contributed by atoms with Crippen molar-refractivity contribution in [3.05, 3.63) is 88.2 Å². The van der Waals surface area contributed by atoms with Crippen LogP contribution in [-0.4, -0.2) is 27.1 Å². The summed E-state index contributed by atoms with van der Waals surface area (Å²) in [5.74, 6) is -0.126. The Morgan fingerprint density at radius 3 is 2.29 bits per heavy atom. The summed E-state index contributed by atoms with van der Waals surface area (Å²) in [5, 5.41) is 4.42. The van der Waals surface area contributed by atoms with Gasteiger partial charge in [-0.2, -0.15) is 5.10 Å². The van der Waals surface area contributed by atoms with E-state index < -0.39 is 0 Å². The lowest BCUT2D eigenvalue weighted by atomic mass is 10.1. The van der Waals surface area contributed by atoms with E-state index in [1.807, 2.05) is 49.4 Å². The minimum atomic E-state index is -0.280. The van der Waals surface area contributed by atoms with Crippen LogP contribution in [-0.2, 0) is 24.3 Å². The molecule has 0 spiro atoms. The Balaban J connectivity index is 1.78. The van der Waals surface area contributed by atoms with Crippen LogP contribution in [0.4, 0.5) is 0 Å². The van der Waals surface area contributed by atoms with Crippen LogP contribution in [0.5, 0.6) is 0 Å². The van der Waals surface area contributed by atoms with Crippen molar-refractivity contribution < 1.29 is 4.79 Å². The Morgan fingerprint density at radius 1 is 0.929 bits per heavy atom. The zero-order valence-corrected chi connectivity index (χ0v) is 16.3. The van der Waals surface area contributed by atoms with Crippen LogP contribution in [0.25, 0.3) is 11.3 Å². The molecule has 28 heavy (non-hydrogen) atoms. The van der Waals surface area contributed by atoms with Crippen LogP contribution in [0.15, 0.2) is 71.5 Å². The van der Waals surface area contributed by atoms with Crippen molar-refractivity contribution in [3.8, 4) is 11.3 Å². The van der Waals surface area contributed by atoms with E-state index in [0.29, 0.717) is 18.8 Å². The molecule has 0 bridgehead atoms. The molecule has 0 aliphatic rings. The fourth-order valence-corrected chi connectivity index (χ4v) is 3.04. The number of nitrogens with zero attached hydrogens (tertiary/aromatic N) is 3. The predicted octanol–water partition coefficient (Wildman–Crippen LogP) is 3.52. The molecule has 2 aromatic carbocycles. The number of aromatic nitrogens is 2. The number of amides is 1. The fourth-order valence-electron chi connectivity index (χ4n) is 3.04. The molecule has 5 nitrogen and oxygen atoms in total. The summed E-state index contributed by atoms with van der Waals surface area (Å²) in [7, 11) is 0. The number of benzene rings is 2. The highest BCUT2D eigenvalue weighted by atomic mass is 16.2. The van der Waals surface area contributed by atoms with Crippen LogP contribution >= 0.6 is 0 Å². The molecule has 1 aromatic heterocycles. The molecule has 0 aliphatic carbocycles. The Kier molecular flexibility index (Phi) is 6.37. The van der Waals surface area contributed by atoms with Crippen molar-refractivity contribution in [1.29, 1.82) is 0 Å². The molecule has 0 unspecified atom stereocenters. The van der Waals surface area contributed by atoms with E-state index in [2.05, 4.69) is 24.2 Å². The van der Waals surface area contributed by atoms with Gasteiger partial charge in [-0.3, -0.25) is 9.59 Å². The van der Waals surface area contributed by atoms with Crippen molar-refractivity contribution in [2.24, 2.45) is 0 Å². The molecular formula is C23H25N3O2. The molecule has 0 atom stereocenters. The molecule has 144 valence electrons. The van der Waals surface area contributed by atoms with Gasteiger partial charge in [0.2, 0.25) is 5.91 Å². The summed E-state index contributed by atoms with van der Waals surface area (Å²) in [6.07, 6.45) is 0.968. The maximum absolute atomic E-state index is 12.8. The molecule has 0 radical (unpaired) electrons. The van der Waals surface area contributed by atoms with E-state index in [1.54, 1.807) is 11.0 Å². The third kappa shape index (κ3) is 4.74. The molecule has 1 heterocycles. The minimum absolute atomic E-state index is 0.0691. The quantitative estimate of drug-likeness (QED) is 0.635. The largest absolute Gasteiger partial charge is 0.337 e. The standard InChI is InChI=1S/C23H25N3O2/c1-3-18-10-12-20(13-11-18)21-14-15-22(27)26(24-21)17-23(28)25(4-2)16-19-8-6-5-7-9-19/h5-15H,3-4,16-17H2,1-2H3. The van der Waals surface area contributed by atoms with E-state index in [-0.39, 0.29) is 18.0 Å². The third-order valence-electron chi connectivity index (χ3n) is 4.76. The average molecular weight is 375 g/mol. The first-order chi connectivity index (χ1) is 13.6. The molecule has 3 aromatic rings. The zero-order valence-electron chi connectivity index (χ0n) is 16.3. The summed E-state index contributed by atoms with van der Waals surface area (Å²) >= 11 is 0. The highest BCUT2D eigenvalue weighted by Crippen LogP contribution is 2.16. The Morgan fingerprint density at radius 2 is 1.64 bits per heavy atom. The third-order valence-corrected chi connectivity index (χ3v) is 4.76. The van der Waals surface area contributed by atoms with Gasteiger partial charge in [0.15, 0.2) is 0 Å². The van der Waals surface area contributed by atoms with E-state index in [0.717, 1.165) is 17.5 Å². The van der Waals surface area contributed by atoms with Crippen LogP contribution in [0.3, 0.4) is 0 Å². The smallest absolute Gasteiger partial charge is 0.267 e. The van der Waals surface area contributed by atoms with Gasteiger partial charge in [0.25, 0.3) is 5.56 Å². The second kappa shape index (κ2) is 9.13. The summed E-state index contributed by atoms with van der Waals surface area (Å²) in [6.45, 7) is 5.06. The first-order valence-electron chi connectivity index (χ1n) is 9.60. The topological polar surface area (TPSA) is 55.2 Å². The van der Waals surface area contributed by atoms with Gasteiger partial charge in [0.1, 0.15) is 6.54 Å². The first-order valence-corrected chi connectivity index (χ1v) is 9.60. The zero-order chi connectivity index (χ0) is 19.9. The second-order valence-corrected chi connectivity index (χ2v) is 6.66. The van der Waals surface area contributed by atoms with Crippen molar-refractivity contribution in [3.63, 3.8) is 0 Å². The fraction of sp³-hybridized carbons (Fsp3) is 0.261. The Bertz CT molecular complexity index is 979. The second-order valence-electron chi connectivity index (χ2n) is 6.66. The maximum atomic E-state index is 12.8. The lowest BCUT2D eigenvalue weighted by Gasteiger charge is -2.21. The van der Waals surface area contributed by atoms with Gasteiger partial charge in [-0.1, -0.05) is 61.5 Å². The number of hydrogen-bond acceptors (Lipinski definition) is 3. The molecule has 0 fully saturated rings. The monoisotopic (exact) mass is 375 g/mol. The van der Waals surface area contributed by atoms with Crippen LogP contribution in [0, 0.1) is 0 Å². The van der Waals surface area contributed by atoms with Crippen molar-refractivity contribution in [2.45, 2.75) is 33.4 Å². The van der Waals surface area contributed by atoms with E-state index in [9.17, 15) is 9.59 Å². The van der Waals surface area contributed by atoms with Gasteiger partial charge in [0.05, 0.1) is 5.69 Å². The summed E-state index contributed by atoms with van der Waals surface area (Å²) in [5.41, 5.74) is 3.63. The SMILES string of the molecule is CCc1ccc(-c2ccc(=O)n(CC(=O)N(CC)Cc3ccccc3)n2)cc1. The minimum Gasteiger partial charge on any atom is -0.337 e. The van der Waals surface area contributed by atoms with Crippen LogP contribution in [0.2, 0.25) is 0 Å². The van der Waals surface area contributed by atoms with Gasteiger partial charge in [-0.05, 0) is 30.5 Å². The lowest BCUT2D eigenvalue weighted by Crippen LogP contribution is -2.36. The van der Waals surface area contributed by atoms with Crippen molar-refractivity contribution in [2.75, 3.05) is 6.54 Å². The predicted molar refractivity (Wildman–Crippen MR) is 111 cm³/mol. The lowest BCUT2D eigenvalue weighted by molar-refractivity contribution is -0.132. The highest BCUT2D eigenvalue weighted by molar-refractivity contribution is 5.76. The number of hydrogen-bond donors (Lipinski definition) is 0. The van der Waals surface area contributed by atoms with Crippen LogP contribution in [0.1, 0.15) is 25.0 Å². The molecule has 0 saturated heterocycles. The number of rotatable bonds is 7. The molecule has 0 saturated carbocycles. The molecular weight excluding hydrogens is 350 g/mol. The Labute approximate surface area is 165 Å². The number of likely N-dealkylation sites (N-methyl/N-ethyl adjacent to an activating group) is 1. The van der Waals surface area contributed by atoms with Crippen LogP contribution < -0.4 is 5.56 Å². The average Bonchev–Trinajstić information content (AvgIpc) is 2.74. The molecule has 5 heteroatoms. The van der Waals surface area contributed by atoms with Gasteiger partial charge < -0.3 is 4.90 Å². The normalized spacial score (nSPS) is 10.6. The Hall–Kier alpha value is -3.21. The van der Waals surface area contributed by atoms with Gasteiger partial charge in [-0.15, -0.1) is 0 Å². The molecule has 0 N–H and O–H groups in total. The summed E-state index contributed by atoms with van der Waals surface area (Å²) < 4.78 is 1.25. The summed E-state index contributed by atoms with van der Waals surface area (Å²) in [6, 6.07) is 21.1. The van der Waals surface area contributed by atoms with Crippen molar-refractivity contribution >= 4 is 5.91 Å². The van der Waals surface area contributed by atoms with E-state index >= 15 is 0 Å². The number of carbonyl (C=O) groups is 1. The molecule has 1 amide bonds.